The number of hydrogen-bond donors (Lipinski definition) is 2. The summed E-state index contributed by atoms with van der Waals surface area (Å²) in [6.07, 6.45) is 2.04. The van der Waals surface area contributed by atoms with Crippen molar-refractivity contribution >= 4 is 43.5 Å². The molecule has 0 spiro atoms. The van der Waals surface area contributed by atoms with Crippen LogP contribution >= 0.6 is 27.5 Å². The van der Waals surface area contributed by atoms with E-state index in [1.165, 1.54) is 12.1 Å². The molecule has 1 aromatic rings. The Balaban J connectivity index is 2.08. The summed E-state index contributed by atoms with van der Waals surface area (Å²) < 4.78 is 32.5. The minimum absolute atomic E-state index is 0.0722. The molecule has 2 atom stereocenters. The first-order valence-corrected chi connectivity index (χ1v) is 9.90. The molecule has 23 heavy (non-hydrogen) atoms. The monoisotopic (exact) mass is 425 g/mol. The van der Waals surface area contributed by atoms with Crippen molar-refractivity contribution in [2.45, 2.75) is 31.4 Å². The van der Waals surface area contributed by atoms with Gasteiger partial charge in [0.2, 0.25) is 10.0 Å². The van der Waals surface area contributed by atoms with Crippen molar-refractivity contribution in [2.75, 3.05) is 12.4 Å². The van der Waals surface area contributed by atoms with Crippen LogP contribution in [-0.2, 0) is 19.6 Å². The average molecular weight is 427 g/mol. The van der Waals surface area contributed by atoms with Gasteiger partial charge in [-0.1, -0.05) is 17.7 Å². The Morgan fingerprint density at radius 1 is 1.52 bits per heavy atom. The summed E-state index contributed by atoms with van der Waals surface area (Å²) in [6, 6.07) is 3.13. The van der Waals surface area contributed by atoms with Crippen molar-refractivity contribution in [1.29, 1.82) is 0 Å². The lowest BCUT2D eigenvalue weighted by Crippen LogP contribution is -2.36. The molecule has 1 aliphatic rings. The number of carbonyl (C=O) groups is 1. The van der Waals surface area contributed by atoms with Gasteiger partial charge < -0.3 is 9.84 Å². The molecule has 1 aliphatic heterocycles. The molecule has 6 nitrogen and oxygen atoms in total. The summed E-state index contributed by atoms with van der Waals surface area (Å²) in [5.74, 6) is -1.46. The summed E-state index contributed by atoms with van der Waals surface area (Å²) in [5.41, 5.74) is 0.270. The van der Waals surface area contributed by atoms with Crippen LogP contribution in [0.25, 0.3) is 0 Å². The highest BCUT2D eigenvalue weighted by Gasteiger charge is 2.27. The molecule has 1 fully saturated rings. The van der Waals surface area contributed by atoms with Crippen molar-refractivity contribution in [1.82, 2.24) is 4.72 Å². The molecule has 0 amide bonds. The van der Waals surface area contributed by atoms with Gasteiger partial charge in [-0.25, -0.2) is 8.42 Å². The van der Waals surface area contributed by atoms with Gasteiger partial charge in [0.25, 0.3) is 0 Å². The van der Waals surface area contributed by atoms with Gasteiger partial charge in [0.05, 0.1) is 16.9 Å². The molecule has 9 heteroatoms. The number of rotatable bonds is 7. The maximum Gasteiger partial charge on any atom is 0.326 e. The van der Waals surface area contributed by atoms with E-state index in [0.29, 0.717) is 22.5 Å². The number of ether oxygens (including phenoxy) is 1. The zero-order valence-electron chi connectivity index (χ0n) is 12.2. The largest absolute Gasteiger partial charge is 0.480 e. The topological polar surface area (TPSA) is 92.7 Å². The lowest BCUT2D eigenvalue weighted by molar-refractivity contribution is -0.139. The normalized spacial score (nSPS) is 19.7. The van der Waals surface area contributed by atoms with Crippen molar-refractivity contribution in [3.63, 3.8) is 0 Å². The number of sulfonamides is 1. The molecule has 0 aliphatic carbocycles. The van der Waals surface area contributed by atoms with E-state index in [0.717, 1.165) is 12.8 Å². The van der Waals surface area contributed by atoms with Crippen LogP contribution in [0.15, 0.2) is 22.7 Å². The van der Waals surface area contributed by atoms with Crippen LogP contribution in [0.4, 0.5) is 0 Å². The molecule has 1 saturated heterocycles. The Labute approximate surface area is 148 Å². The lowest BCUT2D eigenvalue weighted by atomic mass is 10.1. The Hall–Kier alpha value is -0.670. The van der Waals surface area contributed by atoms with E-state index in [-0.39, 0.29) is 17.4 Å². The van der Waals surface area contributed by atoms with Gasteiger partial charge in [0, 0.05) is 11.1 Å². The zero-order valence-corrected chi connectivity index (χ0v) is 15.3. The Morgan fingerprint density at radius 3 is 2.83 bits per heavy atom. The molecule has 0 radical (unpaired) electrons. The molecule has 1 heterocycles. The van der Waals surface area contributed by atoms with Crippen molar-refractivity contribution < 1.29 is 23.1 Å². The second-order valence-corrected chi connectivity index (χ2v) is 8.44. The van der Waals surface area contributed by atoms with E-state index in [4.69, 9.17) is 16.3 Å². The number of carboxylic acids is 1. The fourth-order valence-electron chi connectivity index (χ4n) is 2.35. The highest BCUT2D eigenvalue weighted by Crippen LogP contribution is 2.26. The van der Waals surface area contributed by atoms with Crippen molar-refractivity contribution in [3.8, 4) is 0 Å². The Kier molecular flexibility index (Phi) is 6.44. The zero-order chi connectivity index (χ0) is 17.0. The third kappa shape index (κ3) is 5.42. The number of aliphatic carboxylic acids is 1. The van der Waals surface area contributed by atoms with E-state index < -0.39 is 22.0 Å². The van der Waals surface area contributed by atoms with Crippen molar-refractivity contribution in [2.24, 2.45) is 0 Å². The maximum atomic E-state index is 12.2. The van der Waals surface area contributed by atoms with Crippen LogP contribution in [0.5, 0.6) is 0 Å². The molecular weight excluding hydrogens is 410 g/mol. The quantitative estimate of drug-likeness (QED) is 0.699. The molecule has 0 aromatic heterocycles. The van der Waals surface area contributed by atoms with Gasteiger partial charge in [0.15, 0.2) is 0 Å². The van der Waals surface area contributed by atoms with E-state index in [2.05, 4.69) is 20.7 Å². The molecule has 1 aromatic carbocycles. The Bertz CT molecular complexity index is 676. The molecular formula is C14H17BrClNO5S. The molecule has 128 valence electrons. The predicted molar refractivity (Wildman–Crippen MR) is 90.0 cm³/mol. The smallest absolute Gasteiger partial charge is 0.326 e. The summed E-state index contributed by atoms with van der Waals surface area (Å²) >= 11 is 9.16. The van der Waals surface area contributed by atoms with E-state index >= 15 is 0 Å². The standard InChI is InChI=1S/C14H17BrClNO5S/c15-11-4-3-9(8-12(11)16)13(14(18)19)17-23(20,21)7-5-10-2-1-6-22-10/h3-4,8,10,13,17H,1-2,5-7H2,(H,18,19). The Morgan fingerprint density at radius 2 is 2.26 bits per heavy atom. The van der Waals surface area contributed by atoms with E-state index in [1.807, 2.05) is 0 Å². The van der Waals surface area contributed by atoms with Crippen LogP contribution in [0.2, 0.25) is 5.02 Å². The van der Waals surface area contributed by atoms with Gasteiger partial charge in [-0.15, -0.1) is 0 Å². The highest BCUT2D eigenvalue weighted by molar-refractivity contribution is 9.10. The molecule has 2 rings (SSSR count). The third-order valence-corrected chi connectivity index (χ3v) is 6.15. The number of halogens is 2. The number of benzene rings is 1. The number of carboxylic acid groups (broad SMARTS) is 1. The van der Waals surface area contributed by atoms with Gasteiger partial charge in [-0.05, 0) is 52.9 Å². The van der Waals surface area contributed by atoms with Crippen LogP contribution in [0.1, 0.15) is 30.9 Å². The summed E-state index contributed by atoms with van der Waals surface area (Å²) in [7, 11) is -3.75. The SMILES string of the molecule is O=C(O)C(NS(=O)(=O)CCC1CCCO1)c1ccc(Br)c(Cl)c1. The van der Waals surface area contributed by atoms with Crippen LogP contribution in [0.3, 0.4) is 0 Å². The first kappa shape index (κ1) is 18.7. The minimum atomic E-state index is -3.75. The van der Waals surface area contributed by atoms with Crippen LogP contribution in [0, 0.1) is 0 Å². The van der Waals surface area contributed by atoms with E-state index in [9.17, 15) is 18.3 Å². The fraction of sp³-hybridized carbons (Fsp3) is 0.500. The number of nitrogens with one attached hydrogen (secondary N) is 1. The van der Waals surface area contributed by atoms with Crippen molar-refractivity contribution in [3.05, 3.63) is 33.3 Å². The van der Waals surface area contributed by atoms with Crippen LogP contribution in [-0.4, -0.2) is 38.0 Å². The van der Waals surface area contributed by atoms with Gasteiger partial charge >= 0.3 is 5.97 Å². The first-order valence-electron chi connectivity index (χ1n) is 7.08. The molecule has 2 N–H and O–H groups in total. The minimum Gasteiger partial charge on any atom is -0.480 e. The fourth-order valence-corrected chi connectivity index (χ4v) is 4.07. The number of hydrogen-bond acceptors (Lipinski definition) is 4. The molecule has 2 unspecified atom stereocenters. The van der Waals surface area contributed by atoms with Gasteiger partial charge in [-0.3, -0.25) is 4.79 Å². The summed E-state index contributed by atoms with van der Waals surface area (Å²) in [6.45, 7) is 0.646. The van der Waals surface area contributed by atoms with Gasteiger partial charge in [-0.2, -0.15) is 4.72 Å². The van der Waals surface area contributed by atoms with E-state index in [1.54, 1.807) is 6.07 Å². The van der Waals surface area contributed by atoms with Gasteiger partial charge in [0.1, 0.15) is 6.04 Å². The van der Waals surface area contributed by atoms with Crippen LogP contribution < -0.4 is 4.72 Å². The third-order valence-electron chi connectivity index (χ3n) is 3.55. The second kappa shape index (κ2) is 7.94. The predicted octanol–water partition coefficient (Wildman–Crippen LogP) is 2.72. The maximum absolute atomic E-state index is 12.2. The second-order valence-electron chi connectivity index (χ2n) is 5.31. The molecule has 0 bridgehead atoms. The summed E-state index contributed by atoms with van der Waals surface area (Å²) in [5, 5.41) is 9.64. The average Bonchev–Trinajstić information content (AvgIpc) is 2.99. The summed E-state index contributed by atoms with van der Waals surface area (Å²) in [4.78, 5) is 11.4. The highest BCUT2D eigenvalue weighted by atomic mass is 79.9. The first-order chi connectivity index (χ1) is 10.8. The molecule has 0 saturated carbocycles. The lowest BCUT2D eigenvalue weighted by Gasteiger charge is -2.17.